The molecule has 0 spiro atoms. The first kappa shape index (κ1) is 17.1. The summed E-state index contributed by atoms with van der Waals surface area (Å²) in [6.07, 6.45) is -5.20. The average Bonchev–Trinajstić information content (AvgIpc) is 2.43. The molecule has 22 heavy (non-hydrogen) atoms. The van der Waals surface area contributed by atoms with Crippen molar-refractivity contribution in [1.82, 2.24) is 4.90 Å². The SMILES string of the molecule is Cc1cc(C2CCN(CC(O)C(F)(F)F)CC2)c(C)cc1N. The number of likely N-dealkylation sites (tertiary alicyclic amines) is 1. The Kier molecular flexibility index (Phi) is 5.02. The normalized spacial score (nSPS) is 19.4. The molecule has 2 rings (SSSR count). The number of benzene rings is 1. The van der Waals surface area contributed by atoms with Gasteiger partial charge in [0, 0.05) is 12.2 Å². The fraction of sp³-hybridized carbons (Fsp3) is 0.625. The summed E-state index contributed by atoms with van der Waals surface area (Å²) < 4.78 is 37.2. The first-order valence-corrected chi connectivity index (χ1v) is 7.52. The minimum atomic E-state index is -4.54. The maximum atomic E-state index is 12.4. The summed E-state index contributed by atoms with van der Waals surface area (Å²) in [4.78, 5) is 1.69. The van der Waals surface area contributed by atoms with Gasteiger partial charge in [0.1, 0.15) is 0 Å². The highest BCUT2D eigenvalue weighted by Gasteiger charge is 2.39. The molecule has 1 unspecified atom stereocenters. The molecule has 3 N–H and O–H groups in total. The lowest BCUT2D eigenvalue weighted by molar-refractivity contribution is -0.208. The largest absolute Gasteiger partial charge is 0.415 e. The standard InChI is InChI=1S/C16H23F3N2O/c1-10-8-14(20)11(2)7-13(10)12-3-5-21(6-4-12)9-15(22)16(17,18)19/h7-8,12,15,22H,3-6,9,20H2,1-2H3. The van der Waals surface area contributed by atoms with Crippen LogP contribution in [0.2, 0.25) is 0 Å². The molecule has 1 aromatic carbocycles. The smallest absolute Gasteiger partial charge is 0.399 e. The molecule has 0 amide bonds. The third kappa shape index (κ3) is 3.93. The number of aryl methyl sites for hydroxylation is 2. The Balaban J connectivity index is 1.97. The summed E-state index contributed by atoms with van der Waals surface area (Å²) in [5.41, 5.74) is 10.1. The first-order valence-electron chi connectivity index (χ1n) is 7.52. The van der Waals surface area contributed by atoms with Crippen LogP contribution in [0, 0.1) is 13.8 Å². The molecular weight excluding hydrogens is 293 g/mol. The van der Waals surface area contributed by atoms with E-state index < -0.39 is 12.3 Å². The second-order valence-electron chi connectivity index (χ2n) is 6.20. The molecule has 1 aliphatic rings. The number of hydrogen-bond acceptors (Lipinski definition) is 3. The van der Waals surface area contributed by atoms with E-state index in [1.807, 2.05) is 19.9 Å². The zero-order valence-corrected chi connectivity index (χ0v) is 13.0. The number of aliphatic hydroxyl groups excluding tert-OH is 1. The lowest BCUT2D eigenvalue weighted by Gasteiger charge is -2.34. The third-order valence-electron chi connectivity index (χ3n) is 4.49. The van der Waals surface area contributed by atoms with Crippen LogP contribution >= 0.6 is 0 Å². The van der Waals surface area contributed by atoms with Crippen LogP contribution in [-0.4, -0.2) is 41.9 Å². The van der Waals surface area contributed by atoms with E-state index in [9.17, 15) is 13.2 Å². The van der Waals surface area contributed by atoms with Gasteiger partial charge in [0.15, 0.2) is 6.10 Å². The highest BCUT2D eigenvalue weighted by molar-refractivity contribution is 5.52. The molecule has 1 aliphatic heterocycles. The minimum Gasteiger partial charge on any atom is -0.399 e. The van der Waals surface area contributed by atoms with Crippen LogP contribution in [0.3, 0.4) is 0 Å². The second kappa shape index (κ2) is 6.46. The van der Waals surface area contributed by atoms with Gasteiger partial charge in [-0.1, -0.05) is 6.07 Å². The molecule has 124 valence electrons. The van der Waals surface area contributed by atoms with Gasteiger partial charge in [0.25, 0.3) is 0 Å². The number of halogens is 3. The van der Waals surface area contributed by atoms with Crippen molar-refractivity contribution in [3.8, 4) is 0 Å². The topological polar surface area (TPSA) is 49.5 Å². The number of alkyl halides is 3. The van der Waals surface area contributed by atoms with E-state index in [1.165, 1.54) is 5.56 Å². The zero-order chi connectivity index (χ0) is 16.5. The Bertz CT molecular complexity index is 523. The Morgan fingerprint density at radius 3 is 2.36 bits per heavy atom. The molecule has 1 saturated heterocycles. The second-order valence-corrected chi connectivity index (χ2v) is 6.20. The molecule has 3 nitrogen and oxygen atoms in total. The van der Waals surface area contributed by atoms with Crippen molar-refractivity contribution in [2.24, 2.45) is 0 Å². The number of rotatable bonds is 3. The molecular formula is C16H23F3N2O. The number of anilines is 1. The predicted octanol–water partition coefficient (Wildman–Crippen LogP) is 2.99. The van der Waals surface area contributed by atoms with Gasteiger partial charge < -0.3 is 15.7 Å². The van der Waals surface area contributed by atoms with E-state index in [4.69, 9.17) is 10.8 Å². The molecule has 0 saturated carbocycles. The first-order chi connectivity index (χ1) is 10.2. The third-order valence-corrected chi connectivity index (χ3v) is 4.49. The van der Waals surface area contributed by atoms with Crippen LogP contribution < -0.4 is 5.73 Å². The molecule has 6 heteroatoms. The number of hydrogen-bond donors (Lipinski definition) is 2. The van der Waals surface area contributed by atoms with Gasteiger partial charge in [-0.15, -0.1) is 0 Å². The van der Waals surface area contributed by atoms with Crippen LogP contribution in [0.25, 0.3) is 0 Å². The summed E-state index contributed by atoms with van der Waals surface area (Å²) in [5.74, 6) is 0.346. The zero-order valence-electron chi connectivity index (χ0n) is 13.0. The molecule has 1 heterocycles. The van der Waals surface area contributed by atoms with Crippen LogP contribution in [-0.2, 0) is 0 Å². The van der Waals surface area contributed by atoms with Crippen LogP contribution in [0.1, 0.15) is 35.4 Å². The number of nitrogens with two attached hydrogens (primary N) is 1. The van der Waals surface area contributed by atoms with E-state index in [0.29, 0.717) is 19.0 Å². The number of nitrogen functional groups attached to an aromatic ring is 1. The summed E-state index contributed by atoms with van der Waals surface area (Å²) >= 11 is 0. The average molecular weight is 316 g/mol. The van der Waals surface area contributed by atoms with Crippen molar-refractivity contribution in [3.63, 3.8) is 0 Å². The monoisotopic (exact) mass is 316 g/mol. The number of nitrogens with zero attached hydrogens (tertiary/aromatic N) is 1. The molecule has 1 atom stereocenters. The maximum absolute atomic E-state index is 12.4. The van der Waals surface area contributed by atoms with Gasteiger partial charge >= 0.3 is 6.18 Å². The van der Waals surface area contributed by atoms with Crippen molar-refractivity contribution in [2.75, 3.05) is 25.4 Å². The van der Waals surface area contributed by atoms with E-state index >= 15 is 0 Å². The Morgan fingerprint density at radius 1 is 1.23 bits per heavy atom. The Morgan fingerprint density at radius 2 is 1.82 bits per heavy atom. The quantitative estimate of drug-likeness (QED) is 0.843. The van der Waals surface area contributed by atoms with E-state index in [0.717, 1.165) is 29.7 Å². The van der Waals surface area contributed by atoms with Crippen LogP contribution in [0.5, 0.6) is 0 Å². The van der Waals surface area contributed by atoms with Crippen molar-refractivity contribution in [3.05, 3.63) is 28.8 Å². The number of piperidine rings is 1. The van der Waals surface area contributed by atoms with Gasteiger partial charge in [-0.05, 0) is 68.5 Å². The predicted molar refractivity (Wildman–Crippen MR) is 80.8 cm³/mol. The lowest BCUT2D eigenvalue weighted by Crippen LogP contribution is -2.44. The van der Waals surface area contributed by atoms with E-state index in [-0.39, 0.29) is 6.54 Å². The van der Waals surface area contributed by atoms with Gasteiger partial charge in [-0.25, -0.2) is 0 Å². The van der Waals surface area contributed by atoms with Gasteiger partial charge in [0.05, 0.1) is 0 Å². The van der Waals surface area contributed by atoms with E-state index in [1.54, 1.807) is 4.90 Å². The molecule has 1 fully saturated rings. The highest BCUT2D eigenvalue weighted by Crippen LogP contribution is 2.33. The molecule has 1 aromatic rings. The number of aliphatic hydroxyl groups is 1. The molecule has 0 bridgehead atoms. The van der Waals surface area contributed by atoms with Crippen LogP contribution in [0.15, 0.2) is 12.1 Å². The Labute approximate surface area is 128 Å². The molecule has 0 aliphatic carbocycles. The van der Waals surface area contributed by atoms with Crippen molar-refractivity contribution in [1.29, 1.82) is 0 Å². The summed E-state index contributed by atoms with van der Waals surface area (Å²) in [6, 6.07) is 4.06. The fourth-order valence-electron chi connectivity index (χ4n) is 3.08. The van der Waals surface area contributed by atoms with Crippen LogP contribution in [0.4, 0.5) is 18.9 Å². The maximum Gasteiger partial charge on any atom is 0.415 e. The summed E-state index contributed by atoms with van der Waals surface area (Å²) in [7, 11) is 0. The van der Waals surface area contributed by atoms with Crippen molar-refractivity contribution < 1.29 is 18.3 Å². The summed E-state index contributed by atoms with van der Waals surface area (Å²) in [6.45, 7) is 4.79. The summed E-state index contributed by atoms with van der Waals surface area (Å²) in [5, 5.41) is 9.15. The van der Waals surface area contributed by atoms with Gasteiger partial charge in [-0.3, -0.25) is 0 Å². The van der Waals surface area contributed by atoms with Crippen molar-refractivity contribution >= 4 is 5.69 Å². The minimum absolute atomic E-state index is 0.337. The van der Waals surface area contributed by atoms with Gasteiger partial charge in [0.2, 0.25) is 0 Å². The number of β-amino-alcohol motifs (C(OH)–C–C–N with tert-alkyl or cyclic N) is 1. The van der Waals surface area contributed by atoms with E-state index in [2.05, 4.69) is 6.07 Å². The lowest BCUT2D eigenvalue weighted by atomic mass is 9.85. The molecule has 0 aromatic heterocycles. The fourth-order valence-corrected chi connectivity index (χ4v) is 3.08. The van der Waals surface area contributed by atoms with Gasteiger partial charge in [-0.2, -0.15) is 13.2 Å². The molecule has 0 radical (unpaired) electrons. The Hall–Kier alpha value is -1.27. The van der Waals surface area contributed by atoms with Crippen molar-refractivity contribution in [2.45, 2.75) is 44.9 Å². The highest BCUT2D eigenvalue weighted by atomic mass is 19.4.